The molecule has 0 aliphatic carbocycles. The molecule has 0 unspecified atom stereocenters. The summed E-state index contributed by atoms with van der Waals surface area (Å²) < 4.78 is 0. The molecular formula is C11H13N5O. The first-order valence-corrected chi connectivity index (χ1v) is 5.11. The topological polar surface area (TPSA) is 65.1 Å². The summed E-state index contributed by atoms with van der Waals surface area (Å²) >= 11 is 0. The zero-order chi connectivity index (χ0) is 12.3. The Morgan fingerprint density at radius 2 is 2.18 bits per heavy atom. The molecule has 17 heavy (non-hydrogen) atoms. The summed E-state index contributed by atoms with van der Waals surface area (Å²) in [5, 5.41) is 6.53. The van der Waals surface area contributed by atoms with E-state index in [9.17, 15) is 4.79 Å². The normalized spacial score (nSPS) is 10.0. The maximum atomic E-state index is 12.1. The highest BCUT2D eigenvalue weighted by molar-refractivity contribution is 5.97. The predicted molar refractivity (Wildman–Crippen MR) is 64.0 cm³/mol. The molecule has 0 aliphatic heterocycles. The number of hydrogen-bond acceptors (Lipinski definition) is 3. The quantitative estimate of drug-likeness (QED) is 0.854. The van der Waals surface area contributed by atoms with Gasteiger partial charge in [0.05, 0.1) is 11.9 Å². The molecule has 0 aromatic carbocycles. The number of pyridine rings is 1. The van der Waals surface area contributed by atoms with Crippen LogP contribution in [0.5, 0.6) is 0 Å². The molecule has 0 saturated heterocycles. The van der Waals surface area contributed by atoms with Gasteiger partial charge in [0.1, 0.15) is 5.82 Å². The van der Waals surface area contributed by atoms with Gasteiger partial charge in [0.2, 0.25) is 0 Å². The van der Waals surface area contributed by atoms with Crippen molar-refractivity contribution in [1.29, 1.82) is 0 Å². The van der Waals surface area contributed by atoms with Crippen LogP contribution in [0.1, 0.15) is 0 Å². The van der Waals surface area contributed by atoms with Crippen molar-refractivity contribution >= 4 is 17.5 Å². The molecule has 6 nitrogen and oxygen atoms in total. The minimum Gasteiger partial charge on any atom is -0.330 e. The average Bonchev–Trinajstić information content (AvgIpc) is 2.84. The van der Waals surface area contributed by atoms with Gasteiger partial charge in [-0.3, -0.25) is 5.10 Å². The molecule has 0 radical (unpaired) electrons. The van der Waals surface area contributed by atoms with E-state index in [1.165, 1.54) is 9.80 Å². The lowest BCUT2D eigenvalue weighted by Crippen LogP contribution is -2.36. The second-order valence-electron chi connectivity index (χ2n) is 3.66. The summed E-state index contributed by atoms with van der Waals surface area (Å²) in [6.45, 7) is 0. The first-order valence-electron chi connectivity index (χ1n) is 5.11. The number of nitrogens with zero attached hydrogens (tertiary/aromatic N) is 4. The van der Waals surface area contributed by atoms with E-state index in [2.05, 4.69) is 15.2 Å². The fraction of sp³-hybridized carbons (Fsp3) is 0.182. The zero-order valence-corrected chi connectivity index (χ0v) is 9.66. The molecule has 2 amide bonds. The van der Waals surface area contributed by atoms with Gasteiger partial charge in [-0.25, -0.2) is 14.7 Å². The Bertz CT molecular complexity index is 480. The van der Waals surface area contributed by atoms with Gasteiger partial charge in [-0.15, -0.1) is 0 Å². The van der Waals surface area contributed by atoms with Crippen molar-refractivity contribution in [2.75, 3.05) is 19.0 Å². The number of nitrogens with one attached hydrogen (secondary N) is 1. The van der Waals surface area contributed by atoms with E-state index in [1.54, 1.807) is 44.8 Å². The van der Waals surface area contributed by atoms with Crippen LogP contribution in [0.25, 0.3) is 0 Å². The van der Waals surface area contributed by atoms with E-state index >= 15 is 0 Å². The third-order valence-electron chi connectivity index (χ3n) is 2.19. The summed E-state index contributed by atoms with van der Waals surface area (Å²) in [7, 11) is 3.39. The number of rotatable bonds is 2. The van der Waals surface area contributed by atoms with Crippen LogP contribution >= 0.6 is 0 Å². The second-order valence-corrected chi connectivity index (χ2v) is 3.66. The highest BCUT2D eigenvalue weighted by atomic mass is 16.2. The van der Waals surface area contributed by atoms with Gasteiger partial charge < -0.3 is 4.90 Å². The molecule has 2 aromatic heterocycles. The summed E-state index contributed by atoms with van der Waals surface area (Å²) in [4.78, 5) is 19.3. The lowest BCUT2D eigenvalue weighted by Gasteiger charge is -2.23. The maximum absolute atomic E-state index is 12.1. The number of hydrogen-bond donors (Lipinski definition) is 1. The molecule has 0 saturated carbocycles. The highest BCUT2D eigenvalue weighted by Crippen LogP contribution is 2.22. The van der Waals surface area contributed by atoms with Gasteiger partial charge in [-0.1, -0.05) is 6.07 Å². The Morgan fingerprint density at radius 1 is 1.35 bits per heavy atom. The summed E-state index contributed by atoms with van der Waals surface area (Å²) in [6, 6.07) is 5.23. The van der Waals surface area contributed by atoms with Gasteiger partial charge >= 0.3 is 6.03 Å². The van der Waals surface area contributed by atoms with E-state index in [1.807, 2.05) is 6.07 Å². The van der Waals surface area contributed by atoms with Crippen LogP contribution in [0.4, 0.5) is 16.3 Å². The minimum absolute atomic E-state index is 0.176. The van der Waals surface area contributed by atoms with E-state index in [0.29, 0.717) is 11.5 Å². The van der Waals surface area contributed by atoms with Gasteiger partial charge in [0.15, 0.2) is 0 Å². The Hall–Kier alpha value is -2.37. The molecule has 6 heteroatoms. The number of H-pyrrole nitrogens is 1. The van der Waals surface area contributed by atoms with Crippen LogP contribution in [-0.2, 0) is 0 Å². The molecule has 2 heterocycles. The minimum atomic E-state index is -0.176. The summed E-state index contributed by atoms with van der Waals surface area (Å²) in [5.74, 6) is 0.563. The van der Waals surface area contributed by atoms with Crippen molar-refractivity contribution in [3.8, 4) is 0 Å². The molecule has 1 N–H and O–H groups in total. The van der Waals surface area contributed by atoms with Crippen molar-refractivity contribution in [3.63, 3.8) is 0 Å². The molecule has 0 atom stereocenters. The van der Waals surface area contributed by atoms with Crippen LogP contribution in [0.15, 0.2) is 36.8 Å². The predicted octanol–water partition coefficient (Wildman–Crippen LogP) is 1.62. The molecular weight excluding hydrogens is 218 g/mol. The first kappa shape index (κ1) is 11.1. The molecule has 2 rings (SSSR count). The molecule has 0 aliphatic rings. The van der Waals surface area contributed by atoms with E-state index in [-0.39, 0.29) is 6.03 Å². The SMILES string of the molecule is CN(C)C(=O)N(c1cn[nH]c1)c1ccccn1. The van der Waals surface area contributed by atoms with E-state index in [4.69, 9.17) is 0 Å². The largest absolute Gasteiger partial charge is 0.330 e. The van der Waals surface area contributed by atoms with Gasteiger partial charge in [0.25, 0.3) is 0 Å². The van der Waals surface area contributed by atoms with Crippen molar-refractivity contribution < 1.29 is 4.79 Å². The number of amides is 2. The Balaban J connectivity index is 2.42. The lowest BCUT2D eigenvalue weighted by molar-refractivity contribution is 0.226. The van der Waals surface area contributed by atoms with Crippen LogP contribution in [0.3, 0.4) is 0 Å². The standard InChI is InChI=1S/C11H13N5O/c1-15(2)11(17)16(9-7-13-14-8-9)10-5-3-4-6-12-10/h3-8H,1-2H3,(H,13,14). The maximum Gasteiger partial charge on any atom is 0.329 e. The number of urea groups is 1. The number of aromatic amines is 1. The van der Waals surface area contributed by atoms with E-state index in [0.717, 1.165) is 0 Å². The molecule has 0 spiro atoms. The Kier molecular flexibility index (Phi) is 3.04. The third kappa shape index (κ3) is 2.25. The summed E-state index contributed by atoms with van der Waals surface area (Å²) in [5.41, 5.74) is 0.655. The monoisotopic (exact) mass is 231 g/mol. The number of aromatic nitrogens is 3. The second kappa shape index (κ2) is 4.65. The molecule has 0 bridgehead atoms. The van der Waals surface area contributed by atoms with Crippen molar-refractivity contribution in [1.82, 2.24) is 20.1 Å². The number of carbonyl (C=O) groups excluding carboxylic acids is 1. The van der Waals surface area contributed by atoms with Crippen LogP contribution in [-0.4, -0.2) is 40.2 Å². The fourth-order valence-corrected chi connectivity index (χ4v) is 1.39. The van der Waals surface area contributed by atoms with Crippen LogP contribution in [0.2, 0.25) is 0 Å². The van der Waals surface area contributed by atoms with Crippen LogP contribution in [0, 0.1) is 0 Å². The fourth-order valence-electron chi connectivity index (χ4n) is 1.39. The zero-order valence-electron chi connectivity index (χ0n) is 9.66. The number of anilines is 2. The van der Waals surface area contributed by atoms with Gasteiger partial charge in [0, 0.05) is 26.5 Å². The molecule has 2 aromatic rings. The van der Waals surface area contributed by atoms with Gasteiger partial charge in [-0.05, 0) is 12.1 Å². The Morgan fingerprint density at radius 3 is 2.71 bits per heavy atom. The Labute approximate surface area is 98.9 Å². The molecule has 88 valence electrons. The third-order valence-corrected chi connectivity index (χ3v) is 2.19. The average molecular weight is 231 g/mol. The summed E-state index contributed by atoms with van der Waals surface area (Å²) in [6.07, 6.45) is 4.87. The highest BCUT2D eigenvalue weighted by Gasteiger charge is 2.21. The smallest absolute Gasteiger partial charge is 0.329 e. The van der Waals surface area contributed by atoms with Gasteiger partial charge in [-0.2, -0.15) is 5.10 Å². The van der Waals surface area contributed by atoms with Crippen LogP contribution < -0.4 is 4.90 Å². The lowest BCUT2D eigenvalue weighted by atomic mass is 10.4. The molecule has 0 fully saturated rings. The first-order chi connectivity index (χ1) is 8.20. The van der Waals surface area contributed by atoms with E-state index < -0.39 is 0 Å². The van der Waals surface area contributed by atoms with Crippen molar-refractivity contribution in [3.05, 3.63) is 36.8 Å². The number of carbonyl (C=O) groups is 1. The van der Waals surface area contributed by atoms with Crippen molar-refractivity contribution in [2.45, 2.75) is 0 Å². The van der Waals surface area contributed by atoms with Crippen molar-refractivity contribution in [2.24, 2.45) is 0 Å².